The summed E-state index contributed by atoms with van der Waals surface area (Å²) >= 11 is 0. The molecule has 0 amide bonds. The van der Waals surface area contributed by atoms with Crippen LogP contribution in [0.2, 0.25) is 0 Å². The van der Waals surface area contributed by atoms with Crippen molar-refractivity contribution in [2.75, 3.05) is 0 Å². The number of unbranched alkanes of at least 4 members (excludes halogenated alkanes) is 1. The lowest BCUT2D eigenvalue weighted by atomic mass is 10.0. The molecule has 1 aliphatic rings. The summed E-state index contributed by atoms with van der Waals surface area (Å²) in [6.07, 6.45) is 9.14. The van der Waals surface area contributed by atoms with Gasteiger partial charge in [0.05, 0.1) is 6.04 Å². The second-order valence-electron chi connectivity index (χ2n) is 3.07. The number of rotatable bonds is 4. The van der Waals surface area contributed by atoms with Crippen LogP contribution in [0, 0.1) is 0 Å². The monoisotopic (exact) mass is 151 g/mol. The zero-order valence-corrected chi connectivity index (χ0v) is 7.51. The average Bonchev–Trinajstić information content (AvgIpc) is 2.47. The second-order valence-corrected chi connectivity index (χ2v) is 3.07. The lowest BCUT2D eigenvalue weighted by Gasteiger charge is -2.08. The molecule has 0 aromatic heterocycles. The van der Waals surface area contributed by atoms with Gasteiger partial charge in [0.2, 0.25) is 0 Å². The van der Waals surface area contributed by atoms with Crippen molar-refractivity contribution in [1.29, 1.82) is 0 Å². The van der Waals surface area contributed by atoms with Crippen molar-refractivity contribution >= 4 is 6.21 Å². The highest BCUT2D eigenvalue weighted by Gasteiger charge is 2.12. The van der Waals surface area contributed by atoms with Crippen molar-refractivity contribution in [3.8, 4) is 0 Å². The van der Waals surface area contributed by atoms with Gasteiger partial charge in [-0.15, -0.1) is 0 Å². The van der Waals surface area contributed by atoms with Crippen molar-refractivity contribution in [3.05, 3.63) is 11.6 Å². The van der Waals surface area contributed by atoms with Crippen LogP contribution in [0.5, 0.6) is 0 Å². The van der Waals surface area contributed by atoms with Crippen LogP contribution in [0.15, 0.2) is 16.6 Å². The largest absolute Gasteiger partial charge is 0.285 e. The highest BCUT2D eigenvalue weighted by atomic mass is 14.8. The van der Waals surface area contributed by atoms with E-state index in [1.165, 1.54) is 24.8 Å². The van der Waals surface area contributed by atoms with E-state index in [0.717, 1.165) is 6.42 Å². The molecule has 1 nitrogen and oxygen atoms in total. The summed E-state index contributed by atoms with van der Waals surface area (Å²) in [6.45, 7) is 4.43. The van der Waals surface area contributed by atoms with Gasteiger partial charge in [-0.05, 0) is 30.9 Å². The maximum Gasteiger partial charge on any atom is 0.0710 e. The fraction of sp³-hybridized carbons (Fsp3) is 0.700. The van der Waals surface area contributed by atoms with Gasteiger partial charge in [0.15, 0.2) is 0 Å². The first kappa shape index (κ1) is 8.51. The average molecular weight is 151 g/mol. The summed E-state index contributed by atoms with van der Waals surface area (Å²) in [5.74, 6) is 0. The lowest BCUT2D eigenvalue weighted by molar-refractivity contribution is 0.683. The van der Waals surface area contributed by atoms with E-state index in [2.05, 4.69) is 24.9 Å². The zero-order chi connectivity index (χ0) is 8.10. The van der Waals surface area contributed by atoms with E-state index in [-0.39, 0.29) is 0 Å². The highest BCUT2D eigenvalue weighted by Crippen LogP contribution is 2.20. The third-order valence-corrected chi connectivity index (χ3v) is 2.19. The van der Waals surface area contributed by atoms with Crippen molar-refractivity contribution in [1.82, 2.24) is 0 Å². The number of allylic oxidation sites excluding steroid dienone is 1. The Bertz CT molecular complexity index is 168. The van der Waals surface area contributed by atoms with Crippen molar-refractivity contribution in [2.45, 2.75) is 45.6 Å². The molecule has 0 saturated heterocycles. The minimum atomic E-state index is 0.515. The van der Waals surface area contributed by atoms with Gasteiger partial charge in [0.25, 0.3) is 0 Å². The number of hydrogen-bond acceptors (Lipinski definition) is 1. The molecular weight excluding hydrogens is 134 g/mol. The van der Waals surface area contributed by atoms with E-state index >= 15 is 0 Å². The van der Waals surface area contributed by atoms with E-state index in [4.69, 9.17) is 0 Å². The molecule has 1 heterocycles. The maximum absolute atomic E-state index is 4.37. The Labute approximate surface area is 69.2 Å². The summed E-state index contributed by atoms with van der Waals surface area (Å²) in [6, 6.07) is 0.515. The van der Waals surface area contributed by atoms with Gasteiger partial charge in [0.1, 0.15) is 0 Å². The molecular formula is C10H17N. The first-order chi connectivity index (χ1) is 5.38. The van der Waals surface area contributed by atoms with E-state index < -0.39 is 0 Å². The molecule has 0 radical (unpaired) electrons. The zero-order valence-electron chi connectivity index (χ0n) is 7.51. The molecule has 0 spiro atoms. The standard InChI is InChI=1S/C10H17N/c1-3-5-6-9-7-8-11-10(9)4-2/h7-8,10H,3-6H2,1-2H3. The van der Waals surface area contributed by atoms with Gasteiger partial charge in [0, 0.05) is 6.21 Å². The Morgan fingerprint density at radius 2 is 2.27 bits per heavy atom. The van der Waals surface area contributed by atoms with E-state index in [9.17, 15) is 0 Å². The minimum absolute atomic E-state index is 0.515. The molecule has 62 valence electrons. The molecule has 0 aliphatic carbocycles. The summed E-state index contributed by atoms with van der Waals surface area (Å²) in [5.41, 5.74) is 1.54. The first-order valence-corrected chi connectivity index (χ1v) is 4.60. The minimum Gasteiger partial charge on any atom is -0.285 e. The fourth-order valence-electron chi connectivity index (χ4n) is 1.45. The van der Waals surface area contributed by atoms with E-state index in [1.54, 1.807) is 0 Å². The van der Waals surface area contributed by atoms with Crippen LogP contribution in [-0.2, 0) is 0 Å². The van der Waals surface area contributed by atoms with Crippen LogP contribution in [0.3, 0.4) is 0 Å². The fourth-order valence-corrected chi connectivity index (χ4v) is 1.45. The van der Waals surface area contributed by atoms with Crippen LogP contribution < -0.4 is 0 Å². The number of aliphatic imine (C=N–C) groups is 1. The Morgan fingerprint density at radius 1 is 1.45 bits per heavy atom. The SMILES string of the molecule is CCCCC1=CC=NC1CC. The van der Waals surface area contributed by atoms with Gasteiger partial charge >= 0.3 is 0 Å². The number of hydrogen-bond donors (Lipinski definition) is 0. The predicted molar refractivity (Wildman–Crippen MR) is 50.2 cm³/mol. The van der Waals surface area contributed by atoms with Crippen LogP contribution in [0.25, 0.3) is 0 Å². The Hall–Kier alpha value is -0.590. The lowest BCUT2D eigenvalue weighted by Crippen LogP contribution is -2.02. The second kappa shape index (κ2) is 4.32. The topological polar surface area (TPSA) is 12.4 Å². The van der Waals surface area contributed by atoms with Crippen LogP contribution in [0.1, 0.15) is 39.5 Å². The quantitative estimate of drug-likeness (QED) is 0.585. The van der Waals surface area contributed by atoms with Gasteiger partial charge in [-0.3, -0.25) is 4.99 Å². The van der Waals surface area contributed by atoms with Gasteiger partial charge in [-0.2, -0.15) is 0 Å². The van der Waals surface area contributed by atoms with Gasteiger partial charge in [-0.1, -0.05) is 20.3 Å². The van der Waals surface area contributed by atoms with Gasteiger partial charge < -0.3 is 0 Å². The first-order valence-electron chi connectivity index (χ1n) is 4.60. The molecule has 1 unspecified atom stereocenters. The van der Waals surface area contributed by atoms with Gasteiger partial charge in [-0.25, -0.2) is 0 Å². The summed E-state index contributed by atoms with van der Waals surface area (Å²) in [7, 11) is 0. The van der Waals surface area contributed by atoms with Crippen LogP contribution >= 0.6 is 0 Å². The predicted octanol–water partition coefficient (Wildman–Crippen LogP) is 2.97. The van der Waals surface area contributed by atoms with Crippen LogP contribution in [-0.4, -0.2) is 12.3 Å². The molecule has 1 heteroatoms. The van der Waals surface area contributed by atoms with Crippen molar-refractivity contribution < 1.29 is 0 Å². The molecule has 1 rings (SSSR count). The summed E-state index contributed by atoms with van der Waals surface area (Å²) in [5, 5.41) is 0. The molecule has 0 bridgehead atoms. The maximum atomic E-state index is 4.37. The Balaban J connectivity index is 2.34. The third kappa shape index (κ3) is 2.18. The van der Waals surface area contributed by atoms with Crippen molar-refractivity contribution in [2.24, 2.45) is 4.99 Å². The molecule has 11 heavy (non-hydrogen) atoms. The smallest absolute Gasteiger partial charge is 0.0710 e. The molecule has 0 aromatic rings. The Kier molecular flexibility index (Phi) is 3.34. The molecule has 0 aromatic carbocycles. The number of nitrogens with zero attached hydrogens (tertiary/aromatic N) is 1. The van der Waals surface area contributed by atoms with E-state index in [0.29, 0.717) is 6.04 Å². The normalized spacial score (nSPS) is 22.4. The summed E-state index contributed by atoms with van der Waals surface area (Å²) in [4.78, 5) is 4.37. The Morgan fingerprint density at radius 3 is 2.91 bits per heavy atom. The molecule has 0 fully saturated rings. The molecule has 1 atom stereocenters. The third-order valence-electron chi connectivity index (χ3n) is 2.19. The summed E-state index contributed by atoms with van der Waals surface area (Å²) < 4.78 is 0. The molecule has 0 saturated carbocycles. The van der Waals surface area contributed by atoms with E-state index in [1.807, 2.05) is 6.21 Å². The van der Waals surface area contributed by atoms with Crippen molar-refractivity contribution in [3.63, 3.8) is 0 Å². The highest BCUT2D eigenvalue weighted by molar-refractivity contribution is 5.76. The molecule has 1 aliphatic heterocycles. The molecule has 0 N–H and O–H groups in total. The van der Waals surface area contributed by atoms with Crippen LogP contribution in [0.4, 0.5) is 0 Å².